The highest BCUT2D eigenvalue weighted by Crippen LogP contribution is 2.25. The molecule has 0 amide bonds. The van der Waals surface area contributed by atoms with Gasteiger partial charge in [-0.1, -0.05) is 0 Å². The lowest BCUT2D eigenvalue weighted by Gasteiger charge is -2.10. The van der Waals surface area contributed by atoms with Gasteiger partial charge < -0.3 is 20.1 Å². The van der Waals surface area contributed by atoms with E-state index in [0.29, 0.717) is 16.9 Å². The van der Waals surface area contributed by atoms with Gasteiger partial charge in [0.2, 0.25) is 0 Å². The zero-order valence-electron chi connectivity index (χ0n) is 14.9. The standard InChI is InChI=1S/C20H18N4O3/c1-12-9-14(25)5-8-16(12)22-19-10-18-17(11-21-19)23-20(26)24(18)13-3-6-15(27-2)7-4-13/h3-11,25H,1-2H3,(H,21,22)(H,23,26). The molecule has 4 aromatic rings. The first kappa shape index (κ1) is 16.7. The van der Waals surface area contributed by atoms with Gasteiger partial charge in [0.1, 0.15) is 17.3 Å². The summed E-state index contributed by atoms with van der Waals surface area (Å²) in [5, 5.41) is 12.8. The number of benzene rings is 2. The van der Waals surface area contributed by atoms with Crippen molar-refractivity contribution in [3.8, 4) is 17.2 Å². The number of aryl methyl sites for hydroxylation is 1. The first-order chi connectivity index (χ1) is 13.0. The Hall–Kier alpha value is -3.74. The van der Waals surface area contributed by atoms with E-state index in [0.717, 1.165) is 22.7 Å². The van der Waals surface area contributed by atoms with Crippen molar-refractivity contribution >= 4 is 22.5 Å². The summed E-state index contributed by atoms with van der Waals surface area (Å²) in [7, 11) is 1.60. The summed E-state index contributed by atoms with van der Waals surface area (Å²) in [6.07, 6.45) is 1.62. The number of hydrogen-bond donors (Lipinski definition) is 3. The van der Waals surface area contributed by atoms with Crippen LogP contribution < -0.4 is 15.7 Å². The highest BCUT2D eigenvalue weighted by atomic mass is 16.5. The van der Waals surface area contributed by atoms with Crippen LogP contribution in [0, 0.1) is 6.92 Å². The summed E-state index contributed by atoms with van der Waals surface area (Å²) >= 11 is 0. The lowest BCUT2D eigenvalue weighted by atomic mass is 10.2. The molecule has 0 spiro atoms. The second-order valence-electron chi connectivity index (χ2n) is 6.17. The maximum atomic E-state index is 12.5. The monoisotopic (exact) mass is 362 g/mol. The topological polar surface area (TPSA) is 92.2 Å². The summed E-state index contributed by atoms with van der Waals surface area (Å²) in [5.41, 5.74) is 3.55. The fourth-order valence-corrected chi connectivity index (χ4v) is 2.99. The van der Waals surface area contributed by atoms with Crippen LogP contribution >= 0.6 is 0 Å². The SMILES string of the molecule is COc1ccc(-n2c(=O)[nH]c3cnc(Nc4ccc(O)cc4C)cc32)cc1. The van der Waals surface area contributed by atoms with Crippen LogP contribution in [0.5, 0.6) is 11.5 Å². The Bertz CT molecular complexity index is 1180. The van der Waals surface area contributed by atoms with Gasteiger partial charge in [0.05, 0.1) is 30.0 Å². The van der Waals surface area contributed by atoms with Gasteiger partial charge in [-0.2, -0.15) is 0 Å². The molecular formula is C20H18N4O3. The molecule has 0 aliphatic heterocycles. The number of ether oxygens (including phenoxy) is 1. The predicted molar refractivity (Wildman–Crippen MR) is 104 cm³/mol. The third-order valence-corrected chi connectivity index (χ3v) is 4.37. The molecule has 7 nitrogen and oxygen atoms in total. The number of phenols is 1. The molecule has 7 heteroatoms. The molecule has 2 aromatic carbocycles. The van der Waals surface area contributed by atoms with Gasteiger partial charge in [-0.3, -0.25) is 4.57 Å². The number of nitrogens with one attached hydrogen (secondary N) is 2. The van der Waals surface area contributed by atoms with Crippen LogP contribution in [0.4, 0.5) is 11.5 Å². The Morgan fingerprint density at radius 3 is 2.63 bits per heavy atom. The van der Waals surface area contributed by atoms with Crippen molar-refractivity contribution < 1.29 is 9.84 Å². The predicted octanol–water partition coefficient (Wildman–Crippen LogP) is 3.48. The molecule has 0 aliphatic rings. The van der Waals surface area contributed by atoms with Crippen molar-refractivity contribution in [3.63, 3.8) is 0 Å². The number of nitrogens with zero attached hydrogens (tertiary/aromatic N) is 2. The van der Waals surface area contributed by atoms with Crippen molar-refractivity contribution in [2.24, 2.45) is 0 Å². The molecule has 27 heavy (non-hydrogen) atoms. The van der Waals surface area contributed by atoms with E-state index < -0.39 is 0 Å². The molecule has 0 bridgehead atoms. The Morgan fingerprint density at radius 2 is 1.93 bits per heavy atom. The van der Waals surface area contributed by atoms with Gasteiger partial charge in [0.15, 0.2) is 0 Å². The van der Waals surface area contributed by atoms with E-state index in [1.165, 1.54) is 0 Å². The van der Waals surface area contributed by atoms with Crippen molar-refractivity contribution in [3.05, 3.63) is 70.8 Å². The molecule has 0 radical (unpaired) electrons. The number of anilines is 2. The smallest absolute Gasteiger partial charge is 0.331 e. The van der Waals surface area contributed by atoms with Crippen molar-refractivity contribution in [1.29, 1.82) is 0 Å². The average Bonchev–Trinajstić information content (AvgIpc) is 2.99. The second-order valence-corrected chi connectivity index (χ2v) is 6.17. The molecule has 2 aromatic heterocycles. The Kier molecular flexibility index (Phi) is 4.04. The number of phenolic OH excluding ortho intramolecular Hbond substituents is 1. The first-order valence-corrected chi connectivity index (χ1v) is 8.37. The zero-order valence-corrected chi connectivity index (χ0v) is 14.9. The largest absolute Gasteiger partial charge is 0.508 e. The van der Waals surface area contributed by atoms with Crippen LogP contribution in [0.25, 0.3) is 16.7 Å². The van der Waals surface area contributed by atoms with E-state index >= 15 is 0 Å². The summed E-state index contributed by atoms with van der Waals surface area (Å²) in [6, 6.07) is 14.1. The highest BCUT2D eigenvalue weighted by molar-refractivity contribution is 5.80. The minimum atomic E-state index is -0.241. The van der Waals surface area contributed by atoms with Gasteiger partial charge in [-0.25, -0.2) is 9.78 Å². The van der Waals surface area contributed by atoms with Crippen LogP contribution in [0.3, 0.4) is 0 Å². The fourth-order valence-electron chi connectivity index (χ4n) is 2.99. The van der Waals surface area contributed by atoms with Gasteiger partial charge in [0.25, 0.3) is 0 Å². The number of H-pyrrole nitrogens is 1. The molecule has 0 fully saturated rings. The Labute approximate surface area is 154 Å². The van der Waals surface area contributed by atoms with Crippen molar-refractivity contribution in [2.75, 3.05) is 12.4 Å². The van der Waals surface area contributed by atoms with Crippen LogP contribution in [0.15, 0.2) is 59.5 Å². The maximum Gasteiger partial charge on any atom is 0.331 e. The summed E-state index contributed by atoms with van der Waals surface area (Å²) in [4.78, 5) is 19.6. The summed E-state index contributed by atoms with van der Waals surface area (Å²) in [6.45, 7) is 1.89. The normalized spacial score (nSPS) is 10.9. The minimum Gasteiger partial charge on any atom is -0.508 e. The molecule has 0 unspecified atom stereocenters. The number of aromatic amines is 1. The average molecular weight is 362 g/mol. The first-order valence-electron chi connectivity index (χ1n) is 8.37. The van der Waals surface area contributed by atoms with Crippen LogP contribution in [-0.4, -0.2) is 26.8 Å². The van der Waals surface area contributed by atoms with Gasteiger partial charge in [-0.05, 0) is 55.0 Å². The molecule has 3 N–H and O–H groups in total. The molecule has 0 aliphatic carbocycles. The fraction of sp³-hybridized carbons (Fsp3) is 0.100. The highest BCUT2D eigenvalue weighted by Gasteiger charge is 2.11. The van der Waals surface area contributed by atoms with Crippen LogP contribution in [0.2, 0.25) is 0 Å². The van der Waals surface area contributed by atoms with Crippen LogP contribution in [-0.2, 0) is 0 Å². The zero-order chi connectivity index (χ0) is 19.0. The van der Waals surface area contributed by atoms with Gasteiger partial charge in [-0.15, -0.1) is 0 Å². The molecule has 4 rings (SSSR count). The number of aromatic hydroxyl groups is 1. The van der Waals surface area contributed by atoms with E-state index in [9.17, 15) is 9.90 Å². The number of fused-ring (bicyclic) bond motifs is 1. The number of rotatable bonds is 4. The minimum absolute atomic E-state index is 0.209. The Morgan fingerprint density at radius 1 is 1.15 bits per heavy atom. The number of hydrogen-bond acceptors (Lipinski definition) is 5. The van der Waals surface area contributed by atoms with E-state index in [1.54, 1.807) is 48.2 Å². The third-order valence-electron chi connectivity index (χ3n) is 4.37. The van der Waals surface area contributed by atoms with Crippen molar-refractivity contribution in [2.45, 2.75) is 6.92 Å². The number of methoxy groups -OCH3 is 1. The van der Waals surface area contributed by atoms with E-state index in [4.69, 9.17) is 4.74 Å². The third kappa shape index (κ3) is 3.10. The molecule has 2 heterocycles. The number of imidazole rings is 1. The quantitative estimate of drug-likeness (QED) is 0.484. The lowest BCUT2D eigenvalue weighted by molar-refractivity contribution is 0.414. The molecule has 0 saturated carbocycles. The van der Waals surface area contributed by atoms with Gasteiger partial charge in [0, 0.05) is 11.8 Å². The molecule has 0 saturated heterocycles. The Balaban J connectivity index is 1.78. The molecular weight excluding hydrogens is 344 g/mol. The van der Waals surface area contributed by atoms with E-state index in [-0.39, 0.29) is 11.4 Å². The summed E-state index contributed by atoms with van der Waals surface area (Å²) in [5.74, 6) is 1.52. The van der Waals surface area contributed by atoms with Gasteiger partial charge >= 0.3 is 5.69 Å². The summed E-state index contributed by atoms with van der Waals surface area (Å²) < 4.78 is 6.76. The van der Waals surface area contributed by atoms with E-state index in [2.05, 4.69) is 15.3 Å². The van der Waals surface area contributed by atoms with Crippen molar-refractivity contribution in [1.82, 2.24) is 14.5 Å². The number of aromatic nitrogens is 3. The molecule has 136 valence electrons. The molecule has 0 atom stereocenters. The number of pyridine rings is 1. The second kappa shape index (κ2) is 6.53. The maximum absolute atomic E-state index is 12.5. The lowest BCUT2D eigenvalue weighted by Crippen LogP contribution is -2.14. The van der Waals surface area contributed by atoms with Crippen LogP contribution in [0.1, 0.15) is 5.56 Å². The van der Waals surface area contributed by atoms with E-state index in [1.807, 2.05) is 25.1 Å².